The molecule has 2 aliphatic rings. The molecule has 0 saturated heterocycles. The number of benzene rings is 1. The van der Waals surface area contributed by atoms with Crippen LogP contribution in [-0.4, -0.2) is 6.54 Å². The van der Waals surface area contributed by atoms with E-state index in [1.807, 2.05) is 0 Å². The number of hydrogen-bond donors (Lipinski definition) is 1. The van der Waals surface area contributed by atoms with Gasteiger partial charge < -0.3 is 5.32 Å². The number of hydrogen-bond acceptors (Lipinski definition) is 1. The summed E-state index contributed by atoms with van der Waals surface area (Å²) in [4.78, 5) is 0. The van der Waals surface area contributed by atoms with E-state index in [0.717, 1.165) is 11.8 Å². The van der Waals surface area contributed by atoms with Crippen LogP contribution < -0.4 is 5.32 Å². The van der Waals surface area contributed by atoms with Crippen molar-refractivity contribution in [3.8, 4) is 0 Å². The van der Waals surface area contributed by atoms with E-state index >= 15 is 0 Å². The highest BCUT2D eigenvalue weighted by molar-refractivity contribution is 5.19. The highest BCUT2D eigenvalue weighted by atomic mass is 14.9. The van der Waals surface area contributed by atoms with E-state index in [1.54, 1.807) is 0 Å². The maximum absolute atomic E-state index is 3.89. The van der Waals surface area contributed by atoms with E-state index in [9.17, 15) is 0 Å². The molecule has 0 aliphatic heterocycles. The predicted octanol–water partition coefficient (Wildman–Crippen LogP) is 4.55. The Balaban J connectivity index is 1.62. The van der Waals surface area contributed by atoms with Crippen molar-refractivity contribution in [2.75, 3.05) is 6.54 Å². The summed E-state index contributed by atoms with van der Waals surface area (Å²) in [6, 6.07) is 11.5. The zero-order chi connectivity index (χ0) is 13.3. The highest BCUT2D eigenvalue weighted by Gasteiger charge is 2.53. The summed E-state index contributed by atoms with van der Waals surface area (Å²) >= 11 is 0. The highest BCUT2D eigenvalue weighted by Crippen LogP contribution is 2.61. The summed E-state index contributed by atoms with van der Waals surface area (Å²) < 4.78 is 0. The molecule has 1 unspecified atom stereocenters. The van der Waals surface area contributed by atoms with Gasteiger partial charge in [0.05, 0.1) is 0 Å². The molecule has 1 nitrogen and oxygen atoms in total. The molecule has 1 heteroatoms. The predicted molar refractivity (Wildman–Crippen MR) is 81.0 cm³/mol. The first-order chi connectivity index (χ1) is 9.20. The zero-order valence-corrected chi connectivity index (χ0v) is 12.4. The Bertz CT molecular complexity index is 401. The number of nitrogens with one attached hydrogen (secondary N) is 1. The molecule has 2 saturated carbocycles. The SMILES string of the molecule is CC(C)CC(NCC1(C2CC2)CC1)c1ccccc1. The second kappa shape index (κ2) is 5.28. The number of rotatable bonds is 7. The molecule has 0 aromatic heterocycles. The lowest BCUT2D eigenvalue weighted by atomic mass is 9.94. The summed E-state index contributed by atoms with van der Waals surface area (Å²) in [5.74, 6) is 1.80. The lowest BCUT2D eigenvalue weighted by Gasteiger charge is -2.24. The summed E-state index contributed by atoms with van der Waals surface area (Å²) in [6.07, 6.45) is 7.15. The van der Waals surface area contributed by atoms with Crippen LogP contribution in [0.5, 0.6) is 0 Å². The van der Waals surface area contributed by atoms with Crippen LogP contribution in [-0.2, 0) is 0 Å². The maximum atomic E-state index is 3.89. The fraction of sp³-hybridized carbons (Fsp3) is 0.667. The third-order valence-corrected chi connectivity index (χ3v) is 4.95. The van der Waals surface area contributed by atoms with Crippen LogP contribution in [0.25, 0.3) is 0 Å². The van der Waals surface area contributed by atoms with Crippen LogP contribution in [0.1, 0.15) is 57.6 Å². The van der Waals surface area contributed by atoms with E-state index in [2.05, 4.69) is 49.5 Å². The first-order valence-electron chi connectivity index (χ1n) is 7.98. The van der Waals surface area contributed by atoms with Crippen molar-refractivity contribution in [1.82, 2.24) is 5.32 Å². The Morgan fingerprint density at radius 1 is 1.16 bits per heavy atom. The average Bonchev–Trinajstić information content (AvgIpc) is 3.28. The molecule has 2 aliphatic carbocycles. The van der Waals surface area contributed by atoms with E-state index in [0.29, 0.717) is 11.5 Å². The second-order valence-electron chi connectivity index (χ2n) is 7.11. The average molecular weight is 257 g/mol. The molecule has 19 heavy (non-hydrogen) atoms. The van der Waals surface area contributed by atoms with Gasteiger partial charge in [-0.15, -0.1) is 0 Å². The molecule has 0 spiro atoms. The molecule has 0 amide bonds. The van der Waals surface area contributed by atoms with Gasteiger partial charge in [0, 0.05) is 12.6 Å². The summed E-state index contributed by atoms with van der Waals surface area (Å²) in [6.45, 7) is 5.89. The van der Waals surface area contributed by atoms with Gasteiger partial charge in [-0.2, -0.15) is 0 Å². The van der Waals surface area contributed by atoms with Gasteiger partial charge in [0.1, 0.15) is 0 Å². The van der Waals surface area contributed by atoms with Gasteiger partial charge in [0.25, 0.3) is 0 Å². The van der Waals surface area contributed by atoms with Crippen molar-refractivity contribution in [3.63, 3.8) is 0 Å². The monoisotopic (exact) mass is 257 g/mol. The molecule has 1 atom stereocenters. The Kier molecular flexibility index (Phi) is 3.66. The van der Waals surface area contributed by atoms with Crippen LogP contribution >= 0.6 is 0 Å². The van der Waals surface area contributed by atoms with Crippen molar-refractivity contribution < 1.29 is 0 Å². The second-order valence-corrected chi connectivity index (χ2v) is 7.11. The normalized spacial score (nSPS) is 22.5. The van der Waals surface area contributed by atoms with Crippen LogP contribution in [0.15, 0.2) is 30.3 Å². The van der Waals surface area contributed by atoms with Gasteiger partial charge in [0.2, 0.25) is 0 Å². The summed E-state index contributed by atoms with van der Waals surface area (Å²) in [7, 11) is 0. The minimum Gasteiger partial charge on any atom is -0.309 e. The maximum Gasteiger partial charge on any atom is 0.0322 e. The molecule has 2 fully saturated rings. The molecule has 0 heterocycles. The van der Waals surface area contributed by atoms with E-state index in [1.165, 1.54) is 44.2 Å². The smallest absolute Gasteiger partial charge is 0.0322 e. The fourth-order valence-electron chi connectivity index (χ4n) is 3.41. The zero-order valence-electron chi connectivity index (χ0n) is 12.4. The Morgan fingerprint density at radius 3 is 2.37 bits per heavy atom. The van der Waals surface area contributed by atoms with Gasteiger partial charge in [-0.25, -0.2) is 0 Å². The van der Waals surface area contributed by atoms with E-state index in [-0.39, 0.29) is 0 Å². The lowest BCUT2D eigenvalue weighted by molar-refractivity contribution is 0.347. The summed E-state index contributed by atoms with van der Waals surface area (Å²) in [5, 5.41) is 3.89. The third kappa shape index (κ3) is 3.20. The van der Waals surface area contributed by atoms with Gasteiger partial charge in [-0.3, -0.25) is 0 Å². The van der Waals surface area contributed by atoms with E-state index in [4.69, 9.17) is 0 Å². The topological polar surface area (TPSA) is 12.0 Å². The molecule has 0 bridgehead atoms. The van der Waals surface area contributed by atoms with Crippen LogP contribution in [0.2, 0.25) is 0 Å². The largest absolute Gasteiger partial charge is 0.309 e. The first kappa shape index (κ1) is 13.2. The van der Waals surface area contributed by atoms with Crippen molar-refractivity contribution in [2.24, 2.45) is 17.3 Å². The standard InChI is InChI=1S/C18H27N/c1-14(2)12-17(15-6-4-3-5-7-15)19-13-18(10-11-18)16-8-9-16/h3-7,14,16-17,19H,8-13H2,1-2H3. The van der Waals surface area contributed by atoms with Crippen molar-refractivity contribution in [1.29, 1.82) is 0 Å². The Hall–Kier alpha value is -0.820. The molecular formula is C18H27N. The fourth-order valence-corrected chi connectivity index (χ4v) is 3.41. The van der Waals surface area contributed by atoms with E-state index < -0.39 is 0 Å². The quantitative estimate of drug-likeness (QED) is 0.755. The molecule has 104 valence electrons. The minimum absolute atomic E-state index is 0.539. The van der Waals surface area contributed by atoms with Gasteiger partial charge >= 0.3 is 0 Å². The Labute approximate surface area is 117 Å². The van der Waals surface area contributed by atoms with Crippen LogP contribution in [0.3, 0.4) is 0 Å². The van der Waals surface area contributed by atoms with Crippen LogP contribution in [0, 0.1) is 17.3 Å². The van der Waals surface area contributed by atoms with Gasteiger partial charge in [-0.05, 0) is 54.9 Å². The third-order valence-electron chi connectivity index (χ3n) is 4.95. The minimum atomic E-state index is 0.539. The van der Waals surface area contributed by atoms with Crippen molar-refractivity contribution >= 4 is 0 Å². The Morgan fingerprint density at radius 2 is 1.84 bits per heavy atom. The van der Waals surface area contributed by atoms with Crippen molar-refractivity contribution in [2.45, 2.75) is 52.0 Å². The van der Waals surface area contributed by atoms with Gasteiger partial charge in [-0.1, -0.05) is 44.2 Å². The molecular weight excluding hydrogens is 230 g/mol. The molecule has 1 N–H and O–H groups in total. The van der Waals surface area contributed by atoms with Crippen LogP contribution in [0.4, 0.5) is 0 Å². The lowest BCUT2D eigenvalue weighted by Crippen LogP contribution is -2.30. The summed E-state index contributed by atoms with van der Waals surface area (Å²) in [5.41, 5.74) is 2.16. The molecule has 3 rings (SSSR count). The molecule has 1 aromatic carbocycles. The van der Waals surface area contributed by atoms with Gasteiger partial charge in [0.15, 0.2) is 0 Å². The molecule has 1 aromatic rings. The van der Waals surface area contributed by atoms with Crippen molar-refractivity contribution in [3.05, 3.63) is 35.9 Å². The first-order valence-corrected chi connectivity index (χ1v) is 7.98. The molecule has 0 radical (unpaired) electrons.